The first-order chi connectivity index (χ1) is 8.31. The van der Waals surface area contributed by atoms with Crippen LogP contribution in [0.4, 0.5) is 11.4 Å². The summed E-state index contributed by atoms with van der Waals surface area (Å²) in [6.45, 7) is 2.30. The Morgan fingerprint density at radius 3 is 2.88 bits per heavy atom. The summed E-state index contributed by atoms with van der Waals surface area (Å²) in [5, 5.41) is 6.74. The molecule has 0 radical (unpaired) electrons. The largest absolute Gasteiger partial charge is 0.387 e. The fourth-order valence-electron chi connectivity index (χ4n) is 2.68. The SMILES string of the molecule is CCC1CCCC(Nc2cncc(NC)c2)C1. The van der Waals surface area contributed by atoms with Crippen molar-refractivity contribution >= 4 is 11.4 Å². The normalized spacial score (nSPS) is 24.4. The van der Waals surface area contributed by atoms with E-state index in [-0.39, 0.29) is 0 Å². The smallest absolute Gasteiger partial charge is 0.0549 e. The first kappa shape index (κ1) is 12.2. The number of aromatic nitrogens is 1. The van der Waals surface area contributed by atoms with Gasteiger partial charge < -0.3 is 10.6 Å². The van der Waals surface area contributed by atoms with Crippen molar-refractivity contribution in [1.82, 2.24) is 4.98 Å². The molecule has 0 aliphatic heterocycles. The Balaban J connectivity index is 1.95. The van der Waals surface area contributed by atoms with E-state index in [1.54, 1.807) is 0 Å². The van der Waals surface area contributed by atoms with Gasteiger partial charge in [-0.1, -0.05) is 26.2 Å². The molecule has 0 bridgehead atoms. The molecule has 1 aliphatic carbocycles. The summed E-state index contributed by atoms with van der Waals surface area (Å²) in [6, 6.07) is 2.75. The lowest BCUT2D eigenvalue weighted by Gasteiger charge is -2.29. The fourth-order valence-corrected chi connectivity index (χ4v) is 2.68. The second kappa shape index (κ2) is 5.89. The van der Waals surface area contributed by atoms with Gasteiger partial charge >= 0.3 is 0 Å². The van der Waals surface area contributed by atoms with Crippen LogP contribution in [0.3, 0.4) is 0 Å². The lowest BCUT2D eigenvalue weighted by atomic mass is 9.84. The zero-order chi connectivity index (χ0) is 12.1. The highest BCUT2D eigenvalue weighted by atomic mass is 14.9. The molecule has 1 aromatic heterocycles. The van der Waals surface area contributed by atoms with Crippen LogP contribution in [0, 0.1) is 5.92 Å². The van der Waals surface area contributed by atoms with Crippen molar-refractivity contribution in [2.24, 2.45) is 5.92 Å². The van der Waals surface area contributed by atoms with E-state index in [1.165, 1.54) is 32.1 Å². The van der Waals surface area contributed by atoms with Gasteiger partial charge in [0.2, 0.25) is 0 Å². The first-order valence-electron chi connectivity index (χ1n) is 6.71. The number of rotatable bonds is 4. The number of pyridine rings is 1. The van der Waals surface area contributed by atoms with Crippen molar-refractivity contribution in [3.63, 3.8) is 0 Å². The van der Waals surface area contributed by atoms with E-state index in [0.717, 1.165) is 17.3 Å². The lowest BCUT2D eigenvalue weighted by molar-refractivity contribution is 0.327. The molecule has 1 aliphatic rings. The Hall–Kier alpha value is -1.25. The quantitative estimate of drug-likeness (QED) is 0.835. The average molecular weight is 233 g/mol. The minimum Gasteiger partial charge on any atom is -0.387 e. The van der Waals surface area contributed by atoms with Gasteiger partial charge in [0.05, 0.1) is 23.8 Å². The molecular formula is C14H23N3. The Kier molecular flexibility index (Phi) is 4.24. The van der Waals surface area contributed by atoms with E-state index in [9.17, 15) is 0 Å². The Morgan fingerprint density at radius 2 is 2.12 bits per heavy atom. The van der Waals surface area contributed by atoms with Crippen molar-refractivity contribution < 1.29 is 0 Å². The monoisotopic (exact) mass is 233 g/mol. The molecule has 1 fully saturated rings. The minimum absolute atomic E-state index is 0.627. The van der Waals surface area contributed by atoms with Crippen LogP contribution in [-0.2, 0) is 0 Å². The summed E-state index contributed by atoms with van der Waals surface area (Å²) in [5.74, 6) is 0.904. The zero-order valence-corrected chi connectivity index (χ0v) is 10.9. The number of nitrogens with zero attached hydrogens (tertiary/aromatic N) is 1. The number of hydrogen-bond donors (Lipinski definition) is 2. The van der Waals surface area contributed by atoms with Crippen molar-refractivity contribution in [3.05, 3.63) is 18.5 Å². The summed E-state index contributed by atoms with van der Waals surface area (Å²) >= 11 is 0. The van der Waals surface area contributed by atoms with Gasteiger partial charge in [0.25, 0.3) is 0 Å². The molecule has 0 spiro atoms. The molecule has 1 aromatic rings. The second-order valence-electron chi connectivity index (χ2n) is 4.99. The zero-order valence-electron chi connectivity index (χ0n) is 10.9. The molecule has 3 heteroatoms. The van der Waals surface area contributed by atoms with Crippen LogP contribution in [0.5, 0.6) is 0 Å². The molecule has 0 aromatic carbocycles. The van der Waals surface area contributed by atoms with Gasteiger partial charge in [0.1, 0.15) is 0 Å². The van der Waals surface area contributed by atoms with E-state index < -0.39 is 0 Å². The molecule has 2 atom stereocenters. The summed E-state index contributed by atoms with van der Waals surface area (Å²) in [5.41, 5.74) is 2.21. The highest BCUT2D eigenvalue weighted by molar-refractivity contribution is 5.54. The third kappa shape index (κ3) is 3.35. The molecule has 2 rings (SSSR count). The Labute approximate surface area is 104 Å². The van der Waals surface area contributed by atoms with Crippen LogP contribution in [0.2, 0.25) is 0 Å². The summed E-state index contributed by atoms with van der Waals surface area (Å²) < 4.78 is 0. The van der Waals surface area contributed by atoms with Crippen molar-refractivity contribution in [1.29, 1.82) is 0 Å². The third-order valence-corrected chi connectivity index (χ3v) is 3.76. The molecule has 17 heavy (non-hydrogen) atoms. The third-order valence-electron chi connectivity index (χ3n) is 3.76. The van der Waals surface area contributed by atoms with Gasteiger partial charge in [-0.3, -0.25) is 4.98 Å². The molecule has 0 saturated heterocycles. The van der Waals surface area contributed by atoms with Gasteiger partial charge in [-0.25, -0.2) is 0 Å². The van der Waals surface area contributed by atoms with E-state index in [2.05, 4.69) is 28.6 Å². The molecule has 94 valence electrons. The highest BCUT2D eigenvalue weighted by Gasteiger charge is 2.20. The van der Waals surface area contributed by atoms with Gasteiger partial charge in [-0.2, -0.15) is 0 Å². The van der Waals surface area contributed by atoms with Crippen LogP contribution in [0.1, 0.15) is 39.0 Å². The van der Waals surface area contributed by atoms with Crippen LogP contribution < -0.4 is 10.6 Å². The number of anilines is 2. The van der Waals surface area contributed by atoms with Gasteiger partial charge in [-0.15, -0.1) is 0 Å². The maximum Gasteiger partial charge on any atom is 0.0549 e. The topological polar surface area (TPSA) is 37.0 Å². The van der Waals surface area contributed by atoms with Crippen LogP contribution in [0.25, 0.3) is 0 Å². The van der Waals surface area contributed by atoms with Crippen molar-refractivity contribution in [3.8, 4) is 0 Å². The Morgan fingerprint density at radius 1 is 1.29 bits per heavy atom. The Bertz CT molecular complexity index is 351. The average Bonchev–Trinajstić information content (AvgIpc) is 2.39. The van der Waals surface area contributed by atoms with Gasteiger partial charge in [0.15, 0.2) is 0 Å². The molecule has 2 unspecified atom stereocenters. The van der Waals surface area contributed by atoms with E-state index in [0.29, 0.717) is 6.04 Å². The van der Waals surface area contributed by atoms with Crippen molar-refractivity contribution in [2.45, 2.75) is 45.1 Å². The minimum atomic E-state index is 0.627. The van der Waals surface area contributed by atoms with E-state index in [1.807, 2.05) is 19.4 Å². The van der Waals surface area contributed by atoms with E-state index >= 15 is 0 Å². The summed E-state index contributed by atoms with van der Waals surface area (Å²) in [6.07, 6.45) is 10.4. The molecule has 1 saturated carbocycles. The second-order valence-corrected chi connectivity index (χ2v) is 4.99. The first-order valence-corrected chi connectivity index (χ1v) is 6.71. The molecule has 0 amide bonds. The van der Waals surface area contributed by atoms with Crippen LogP contribution in [0.15, 0.2) is 18.5 Å². The fraction of sp³-hybridized carbons (Fsp3) is 0.643. The molecule has 3 nitrogen and oxygen atoms in total. The van der Waals surface area contributed by atoms with Crippen LogP contribution >= 0.6 is 0 Å². The predicted molar refractivity (Wildman–Crippen MR) is 73.4 cm³/mol. The lowest BCUT2D eigenvalue weighted by Crippen LogP contribution is -2.27. The number of hydrogen-bond acceptors (Lipinski definition) is 3. The van der Waals surface area contributed by atoms with Gasteiger partial charge in [-0.05, 0) is 24.8 Å². The highest BCUT2D eigenvalue weighted by Crippen LogP contribution is 2.28. The predicted octanol–water partition coefficient (Wildman–Crippen LogP) is 3.50. The summed E-state index contributed by atoms with van der Waals surface area (Å²) in [4.78, 5) is 4.24. The molecule has 2 N–H and O–H groups in total. The molecule has 1 heterocycles. The van der Waals surface area contributed by atoms with Crippen molar-refractivity contribution in [2.75, 3.05) is 17.7 Å². The maximum atomic E-state index is 4.24. The molecular weight excluding hydrogens is 210 g/mol. The van der Waals surface area contributed by atoms with Crippen LogP contribution in [-0.4, -0.2) is 18.1 Å². The van der Waals surface area contributed by atoms with Gasteiger partial charge in [0, 0.05) is 13.1 Å². The summed E-state index contributed by atoms with van der Waals surface area (Å²) in [7, 11) is 1.93. The number of nitrogens with one attached hydrogen (secondary N) is 2. The standard InChI is InChI=1S/C14H23N3/c1-3-11-5-4-6-12(7-11)17-14-8-13(15-2)9-16-10-14/h8-12,15,17H,3-7H2,1-2H3. The maximum absolute atomic E-state index is 4.24. The van der Waals surface area contributed by atoms with E-state index in [4.69, 9.17) is 0 Å².